The molecule has 0 amide bonds. The number of anilines is 2. The summed E-state index contributed by atoms with van der Waals surface area (Å²) in [5, 5.41) is 7.40. The lowest BCUT2D eigenvalue weighted by atomic mass is 10.1. The summed E-state index contributed by atoms with van der Waals surface area (Å²) in [6, 6.07) is 2.12. The number of fused-ring (bicyclic) bond motifs is 1. The number of alkyl halides is 3. The van der Waals surface area contributed by atoms with Crippen LogP contribution in [0.5, 0.6) is 5.75 Å². The third kappa shape index (κ3) is 5.51. The number of halogens is 5. The lowest BCUT2D eigenvalue weighted by molar-refractivity contribution is -0.138. The molecule has 0 saturated heterocycles. The van der Waals surface area contributed by atoms with Gasteiger partial charge in [0.1, 0.15) is 5.56 Å². The lowest BCUT2D eigenvalue weighted by Crippen LogP contribution is -2.27. The maximum Gasteiger partial charge on any atom is 0.423 e. The van der Waals surface area contributed by atoms with Crippen LogP contribution in [0.15, 0.2) is 40.3 Å². The van der Waals surface area contributed by atoms with Crippen molar-refractivity contribution < 1.29 is 26.7 Å². The van der Waals surface area contributed by atoms with Gasteiger partial charge in [0, 0.05) is 18.8 Å². The molecule has 4 rings (SSSR count). The molecule has 1 atom stereocenters. The van der Waals surface area contributed by atoms with Crippen LogP contribution < -0.4 is 26.9 Å². The van der Waals surface area contributed by atoms with Crippen LogP contribution in [0, 0.1) is 11.6 Å². The second kappa shape index (κ2) is 10.7. The molecule has 3 heterocycles. The van der Waals surface area contributed by atoms with Crippen molar-refractivity contribution in [1.82, 2.24) is 24.7 Å². The molecule has 0 aliphatic carbocycles. The minimum absolute atomic E-state index is 0.0709. The predicted octanol–water partition coefficient (Wildman–Crippen LogP) is 3.71. The molecule has 0 bridgehead atoms. The highest BCUT2D eigenvalue weighted by Crippen LogP contribution is 2.32. The van der Waals surface area contributed by atoms with E-state index in [2.05, 4.69) is 20.4 Å². The van der Waals surface area contributed by atoms with Crippen molar-refractivity contribution in [3.8, 4) is 17.1 Å². The van der Waals surface area contributed by atoms with Crippen molar-refractivity contribution >= 4 is 22.3 Å². The minimum Gasteiger partial charge on any atom is -0.491 e. The first-order valence-corrected chi connectivity index (χ1v) is 11.5. The SMILES string of the molecule is COc1cnc(-c2cc3ccn(CCC[C@H](C)Nc4cn[nH]c(=O)c4C(F)(F)F)c(=O)c3c(F)c2F)nc1N. The highest BCUT2D eigenvalue weighted by molar-refractivity contribution is 5.86. The molecule has 3 aromatic heterocycles. The second-order valence-corrected chi connectivity index (χ2v) is 8.65. The second-order valence-electron chi connectivity index (χ2n) is 8.65. The van der Waals surface area contributed by atoms with Crippen LogP contribution >= 0.6 is 0 Å². The molecule has 4 aromatic rings. The summed E-state index contributed by atoms with van der Waals surface area (Å²) in [5.41, 5.74) is 1.42. The molecule has 0 aliphatic rings. The molecule has 39 heavy (non-hydrogen) atoms. The van der Waals surface area contributed by atoms with Crippen molar-refractivity contribution in [3.05, 3.63) is 68.6 Å². The number of methoxy groups -OCH3 is 1. The van der Waals surface area contributed by atoms with E-state index in [1.807, 2.05) is 0 Å². The Bertz CT molecular complexity index is 1650. The fourth-order valence-electron chi connectivity index (χ4n) is 4.08. The van der Waals surface area contributed by atoms with E-state index in [-0.39, 0.29) is 41.3 Å². The van der Waals surface area contributed by atoms with E-state index >= 15 is 4.39 Å². The molecule has 4 N–H and O–H groups in total. The van der Waals surface area contributed by atoms with Crippen LogP contribution in [-0.4, -0.2) is 37.9 Å². The van der Waals surface area contributed by atoms with Gasteiger partial charge in [-0.05, 0) is 37.3 Å². The monoisotopic (exact) mass is 551 g/mol. The summed E-state index contributed by atoms with van der Waals surface area (Å²) in [4.78, 5) is 32.4. The van der Waals surface area contributed by atoms with Gasteiger partial charge in [0.15, 0.2) is 29.0 Å². The van der Waals surface area contributed by atoms with E-state index in [0.29, 0.717) is 6.42 Å². The Kier molecular flexibility index (Phi) is 7.51. The van der Waals surface area contributed by atoms with E-state index in [1.165, 1.54) is 36.2 Å². The number of nitrogens with two attached hydrogens (primary N) is 1. The number of ether oxygens (including phenoxy) is 1. The average molecular weight is 551 g/mol. The van der Waals surface area contributed by atoms with Crippen molar-refractivity contribution in [2.75, 3.05) is 18.2 Å². The Morgan fingerprint density at radius 1 is 1.21 bits per heavy atom. The van der Waals surface area contributed by atoms with Crippen molar-refractivity contribution in [3.63, 3.8) is 0 Å². The van der Waals surface area contributed by atoms with Crippen LogP contribution in [0.2, 0.25) is 0 Å². The normalized spacial score (nSPS) is 12.5. The molecule has 206 valence electrons. The molecular weight excluding hydrogens is 529 g/mol. The fraction of sp³-hybridized carbons (Fsp3) is 0.292. The number of aryl methyl sites for hydroxylation is 1. The summed E-state index contributed by atoms with van der Waals surface area (Å²) in [6.07, 6.45) is -0.841. The fourth-order valence-corrected chi connectivity index (χ4v) is 4.08. The van der Waals surface area contributed by atoms with Crippen LogP contribution in [0.25, 0.3) is 22.2 Å². The Balaban J connectivity index is 1.53. The number of aromatic amines is 1. The molecule has 0 spiro atoms. The number of hydrogen-bond donors (Lipinski definition) is 3. The van der Waals surface area contributed by atoms with Crippen LogP contribution in [0.1, 0.15) is 25.3 Å². The molecule has 0 saturated carbocycles. The van der Waals surface area contributed by atoms with Gasteiger partial charge in [-0.2, -0.15) is 18.3 Å². The van der Waals surface area contributed by atoms with Crippen LogP contribution in [0.3, 0.4) is 0 Å². The van der Waals surface area contributed by atoms with Crippen LogP contribution in [0.4, 0.5) is 33.5 Å². The Morgan fingerprint density at radius 3 is 2.62 bits per heavy atom. The number of aromatic nitrogens is 5. The molecule has 15 heteroatoms. The first-order chi connectivity index (χ1) is 18.4. The number of nitrogens with zero attached hydrogens (tertiary/aromatic N) is 4. The van der Waals surface area contributed by atoms with E-state index in [4.69, 9.17) is 10.5 Å². The van der Waals surface area contributed by atoms with Gasteiger partial charge in [0.25, 0.3) is 11.1 Å². The summed E-state index contributed by atoms with van der Waals surface area (Å²) < 4.78 is 75.9. The van der Waals surface area contributed by atoms with Gasteiger partial charge >= 0.3 is 6.18 Å². The van der Waals surface area contributed by atoms with Gasteiger partial charge in [-0.3, -0.25) is 9.59 Å². The zero-order valence-electron chi connectivity index (χ0n) is 20.6. The third-order valence-electron chi connectivity index (χ3n) is 5.97. The van der Waals surface area contributed by atoms with E-state index in [9.17, 15) is 27.2 Å². The highest BCUT2D eigenvalue weighted by Gasteiger charge is 2.37. The Morgan fingerprint density at radius 2 is 1.95 bits per heavy atom. The van der Waals surface area contributed by atoms with Gasteiger partial charge in [-0.15, -0.1) is 0 Å². The van der Waals surface area contributed by atoms with E-state index in [0.717, 1.165) is 6.20 Å². The van der Waals surface area contributed by atoms with Gasteiger partial charge in [0.2, 0.25) is 0 Å². The van der Waals surface area contributed by atoms with Crippen molar-refractivity contribution in [1.29, 1.82) is 0 Å². The predicted molar refractivity (Wildman–Crippen MR) is 132 cm³/mol. The molecule has 0 radical (unpaired) electrons. The standard InChI is InChI=1S/C24H22F5N7O3/c1-11(33-14-9-32-35-22(37)17(14)24(27,28)29)4-3-6-36-7-5-12-8-13(18(25)19(26)16(12)23(36)38)21-31-10-15(39-2)20(30)34-21/h5,7-11H,3-4,6H2,1-2H3,(H2,30,31,34)(H2,33,35,37)/t11-/m0/s1. The summed E-state index contributed by atoms with van der Waals surface area (Å²) in [6.45, 7) is 1.66. The van der Waals surface area contributed by atoms with Crippen molar-refractivity contribution in [2.45, 2.75) is 38.5 Å². The zero-order valence-corrected chi connectivity index (χ0v) is 20.6. The largest absolute Gasteiger partial charge is 0.491 e. The molecule has 0 fully saturated rings. The summed E-state index contributed by atoms with van der Waals surface area (Å²) in [5.74, 6) is -2.82. The number of nitrogen functional groups attached to an aromatic ring is 1. The van der Waals surface area contributed by atoms with Gasteiger partial charge in [-0.25, -0.2) is 23.8 Å². The molecule has 0 unspecified atom stereocenters. The Hall–Kier alpha value is -4.56. The first-order valence-electron chi connectivity index (χ1n) is 11.5. The van der Waals surface area contributed by atoms with Gasteiger partial charge in [0.05, 0.1) is 36.1 Å². The quantitative estimate of drug-likeness (QED) is 0.282. The van der Waals surface area contributed by atoms with Gasteiger partial charge < -0.3 is 20.4 Å². The van der Waals surface area contributed by atoms with E-state index < -0.39 is 51.6 Å². The molecule has 0 aliphatic heterocycles. The number of hydrogen-bond acceptors (Lipinski definition) is 8. The van der Waals surface area contributed by atoms with Crippen LogP contribution in [-0.2, 0) is 12.7 Å². The Labute approximate surface area is 216 Å². The zero-order chi connectivity index (χ0) is 28.5. The maximum atomic E-state index is 15.1. The molecule has 1 aromatic carbocycles. The van der Waals surface area contributed by atoms with E-state index in [1.54, 1.807) is 12.0 Å². The minimum atomic E-state index is -4.89. The third-order valence-corrected chi connectivity index (χ3v) is 5.97. The molecule has 10 nitrogen and oxygen atoms in total. The first kappa shape index (κ1) is 27.5. The van der Waals surface area contributed by atoms with Gasteiger partial charge in [-0.1, -0.05) is 0 Å². The van der Waals surface area contributed by atoms with Crippen molar-refractivity contribution in [2.24, 2.45) is 0 Å². The smallest absolute Gasteiger partial charge is 0.423 e. The molecular formula is C24H22F5N7O3. The maximum absolute atomic E-state index is 15.1. The summed E-state index contributed by atoms with van der Waals surface area (Å²) in [7, 11) is 1.35. The number of benzene rings is 1. The number of nitrogens with one attached hydrogen (secondary N) is 2. The average Bonchev–Trinajstić information content (AvgIpc) is 2.86. The summed E-state index contributed by atoms with van der Waals surface area (Å²) >= 11 is 0. The highest BCUT2D eigenvalue weighted by atomic mass is 19.4. The number of rotatable bonds is 8. The topological polar surface area (TPSA) is 141 Å². The lowest BCUT2D eigenvalue weighted by Gasteiger charge is -2.18. The number of H-pyrrole nitrogens is 1. The number of pyridine rings is 1.